The van der Waals surface area contributed by atoms with Crippen LogP contribution in [0.5, 0.6) is 0 Å². The van der Waals surface area contributed by atoms with Crippen LogP contribution in [0.3, 0.4) is 0 Å². The van der Waals surface area contributed by atoms with E-state index in [0.717, 1.165) is 0 Å². The van der Waals surface area contributed by atoms with Crippen molar-refractivity contribution in [3.05, 3.63) is 63.7 Å². The highest BCUT2D eigenvalue weighted by Crippen LogP contribution is 2.34. The number of esters is 1. The van der Waals surface area contributed by atoms with Crippen molar-refractivity contribution in [2.45, 2.75) is 9.79 Å². The van der Waals surface area contributed by atoms with Gasteiger partial charge in [-0.3, -0.25) is 10.1 Å². The molecule has 2 aromatic carbocycles. The van der Waals surface area contributed by atoms with Crippen LogP contribution in [0, 0.1) is 10.1 Å². The predicted molar refractivity (Wildman–Crippen MR) is 89.6 cm³/mol. The molecule has 0 amide bonds. The minimum absolute atomic E-state index is 0.0573. The first-order valence-corrected chi connectivity index (χ1v) is 7.58. The number of hydrogen-bond donors (Lipinski definition) is 0. The highest BCUT2D eigenvalue weighted by atomic mass is 32.2. The maximum absolute atomic E-state index is 11.9. The summed E-state index contributed by atoms with van der Waals surface area (Å²) in [7, 11) is 2.69. The van der Waals surface area contributed by atoms with Crippen molar-refractivity contribution < 1.29 is 19.3 Å². The molecule has 2 aromatic rings. The summed E-state index contributed by atoms with van der Waals surface area (Å²) in [5.41, 5.74) is 0.867. The zero-order valence-corrected chi connectivity index (χ0v) is 13.8. The van der Waals surface area contributed by atoms with Gasteiger partial charge >= 0.3 is 5.97 Å². The Hall–Kier alpha value is -2.87. The number of nitro benzene ring substituents is 1. The van der Waals surface area contributed by atoms with Crippen molar-refractivity contribution in [3.8, 4) is 0 Å². The molecular weight excluding hydrogens is 332 g/mol. The molecule has 0 atom stereocenters. The van der Waals surface area contributed by atoms with Gasteiger partial charge in [-0.15, -0.1) is 0 Å². The second-order valence-corrected chi connectivity index (χ2v) is 5.57. The van der Waals surface area contributed by atoms with Crippen molar-refractivity contribution in [1.82, 2.24) is 0 Å². The fourth-order valence-corrected chi connectivity index (χ4v) is 2.92. The normalized spacial score (nSPS) is 10.6. The Kier molecular flexibility index (Phi) is 5.91. The summed E-state index contributed by atoms with van der Waals surface area (Å²) in [6.07, 6.45) is 1.39. The van der Waals surface area contributed by atoms with Crippen LogP contribution in [0.25, 0.3) is 0 Å². The smallest absolute Gasteiger partial charge is 0.339 e. The first kappa shape index (κ1) is 17.5. The minimum atomic E-state index is -0.485. The molecule has 0 aliphatic heterocycles. The number of nitro groups is 1. The van der Waals surface area contributed by atoms with E-state index in [4.69, 9.17) is 4.74 Å². The van der Waals surface area contributed by atoms with Gasteiger partial charge in [-0.25, -0.2) is 4.79 Å². The van der Waals surface area contributed by atoms with Gasteiger partial charge in [0, 0.05) is 27.5 Å². The average Bonchev–Trinajstić information content (AvgIpc) is 2.60. The number of carbonyl (C=O) groups is 1. The number of non-ortho nitro benzene ring substituents is 1. The third kappa shape index (κ3) is 4.11. The molecule has 0 saturated carbocycles. The first-order valence-electron chi connectivity index (χ1n) is 6.77. The molecule has 2 rings (SSSR count). The van der Waals surface area contributed by atoms with Crippen LogP contribution in [-0.4, -0.2) is 31.3 Å². The molecule has 0 bridgehead atoms. The number of rotatable bonds is 6. The number of hydrogen-bond acceptors (Lipinski definition) is 7. The molecule has 0 radical (unpaired) electrons. The van der Waals surface area contributed by atoms with Gasteiger partial charge in [0.15, 0.2) is 0 Å². The maximum Gasteiger partial charge on any atom is 0.339 e. The SMILES string of the molecule is CON=Cc1cc([N+](=O)[O-])ccc1Sc1ccccc1C(=O)OC. The molecule has 0 aliphatic carbocycles. The molecule has 7 nitrogen and oxygen atoms in total. The molecule has 0 N–H and O–H groups in total. The number of nitrogens with zero attached hydrogens (tertiary/aromatic N) is 2. The lowest BCUT2D eigenvalue weighted by atomic mass is 10.2. The van der Waals surface area contributed by atoms with E-state index < -0.39 is 10.9 Å². The number of carbonyl (C=O) groups excluding carboxylic acids is 1. The Morgan fingerprint density at radius 2 is 1.96 bits per heavy atom. The van der Waals surface area contributed by atoms with Gasteiger partial charge < -0.3 is 9.57 Å². The topological polar surface area (TPSA) is 91.0 Å². The molecule has 0 aromatic heterocycles. The van der Waals surface area contributed by atoms with Gasteiger partial charge in [0.25, 0.3) is 5.69 Å². The first-order chi connectivity index (χ1) is 11.6. The minimum Gasteiger partial charge on any atom is -0.465 e. The summed E-state index contributed by atoms with van der Waals surface area (Å²) in [6, 6.07) is 11.4. The van der Waals surface area contributed by atoms with Crippen molar-refractivity contribution in [1.29, 1.82) is 0 Å². The quantitative estimate of drug-likeness (QED) is 0.344. The largest absolute Gasteiger partial charge is 0.465 e. The zero-order chi connectivity index (χ0) is 17.5. The summed E-state index contributed by atoms with van der Waals surface area (Å²) in [5.74, 6) is -0.452. The Morgan fingerprint density at radius 3 is 2.62 bits per heavy atom. The van der Waals surface area contributed by atoms with Gasteiger partial charge in [-0.1, -0.05) is 29.1 Å². The molecule has 0 heterocycles. The van der Waals surface area contributed by atoms with Crippen LogP contribution in [0.4, 0.5) is 5.69 Å². The summed E-state index contributed by atoms with van der Waals surface area (Å²) in [5, 5.41) is 14.6. The maximum atomic E-state index is 11.9. The Labute approximate surface area is 142 Å². The monoisotopic (exact) mass is 346 g/mol. The number of ether oxygens (including phenoxy) is 1. The molecule has 0 fully saturated rings. The molecule has 124 valence electrons. The summed E-state index contributed by atoms with van der Waals surface area (Å²) in [6.45, 7) is 0. The van der Waals surface area contributed by atoms with Gasteiger partial charge in [0.05, 0.1) is 23.8 Å². The lowest BCUT2D eigenvalue weighted by Crippen LogP contribution is -2.03. The Bertz CT molecular complexity index is 792. The van der Waals surface area contributed by atoms with Crippen LogP contribution >= 0.6 is 11.8 Å². The average molecular weight is 346 g/mol. The van der Waals surface area contributed by atoms with E-state index in [1.807, 2.05) is 0 Å². The fraction of sp³-hybridized carbons (Fsp3) is 0.125. The van der Waals surface area contributed by atoms with Crippen molar-refractivity contribution in [3.63, 3.8) is 0 Å². The van der Waals surface area contributed by atoms with Crippen molar-refractivity contribution in [2.75, 3.05) is 14.2 Å². The van der Waals surface area contributed by atoms with Crippen LogP contribution < -0.4 is 0 Å². The zero-order valence-electron chi connectivity index (χ0n) is 13.0. The Balaban J connectivity index is 2.44. The Morgan fingerprint density at radius 1 is 1.21 bits per heavy atom. The number of oxime groups is 1. The van der Waals surface area contributed by atoms with E-state index in [2.05, 4.69) is 9.99 Å². The van der Waals surface area contributed by atoms with E-state index in [1.54, 1.807) is 30.3 Å². The highest BCUT2D eigenvalue weighted by molar-refractivity contribution is 7.99. The summed E-state index contributed by atoms with van der Waals surface area (Å²) < 4.78 is 4.77. The van der Waals surface area contributed by atoms with E-state index in [-0.39, 0.29) is 5.69 Å². The third-order valence-corrected chi connectivity index (χ3v) is 4.18. The summed E-state index contributed by atoms with van der Waals surface area (Å²) in [4.78, 5) is 28.3. The van der Waals surface area contributed by atoms with Crippen LogP contribution in [0.1, 0.15) is 15.9 Å². The number of methoxy groups -OCH3 is 1. The summed E-state index contributed by atoms with van der Waals surface area (Å²) >= 11 is 1.29. The molecule has 0 aliphatic rings. The second-order valence-electron chi connectivity index (χ2n) is 4.49. The lowest BCUT2D eigenvalue weighted by molar-refractivity contribution is -0.384. The second kappa shape index (κ2) is 8.11. The standard InChI is InChI=1S/C16H14N2O5S/c1-22-16(19)13-5-3-4-6-15(13)24-14-8-7-12(18(20)21)9-11(14)10-17-23-2/h3-10H,1-2H3. The van der Waals surface area contributed by atoms with Gasteiger partial charge in [-0.2, -0.15) is 0 Å². The molecule has 8 heteroatoms. The fourth-order valence-electron chi connectivity index (χ4n) is 1.91. The van der Waals surface area contributed by atoms with Gasteiger partial charge in [0.1, 0.15) is 7.11 Å². The van der Waals surface area contributed by atoms with Crippen molar-refractivity contribution >= 4 is 29.6 Å². The van der Waals surface area contributed by atoms with E-state index >= 15 is 0 Å². The predicted octanol–water partition coefficient (Wildman–Crippen LogP) is 3.51. The van der Waals surface area contributed by atoms with E-state index in [9.17, 15) is 14.9 Å². The molecule has 24 heavy (non-hydrogen) atoms. The van der Waals surface area contributed by atoms with Crippen LogP contribution in [0.15, 0.2) is 57.4 Å². The van der Waals surface area contributed by atoms with Crippen LogP contribution in [0.2, 0.25) is 0 Å². The third-order valence-electron chi connectivity index (χ3n) is 3.01. The van der Waals surface area contributed by atoms with Gasteiger partial charge in [-0.05, 0) is 18.2 Å². The van der Waals surface area contributed by atoms with Crippen LogP contribution in [-0.2, 0) is 9.57 Å². The molecule has 0 saturated heterocycles. The van der Waals surface area contributed by atoms with E-state index in [0.29, 0.717) is 20.9 Å². The number of benzene rings is 2. The molecular formula is C16H14N2O5S. The molecule has 0 unspecified atom stereocenters. The van der Waals surface area contributed by atoms with E-state index in [1.165, 1.54) is 44.3 Å². The lowest BCUT2D eigenvalue weighted by Gasteiger charge is -2.09. The highest BCUT2D eigenvalue weighted by Gasteiger charge is 2.15. The molecule has 0 spiro atoms. The van der Waals surface area contributed by atoms with Crippen molar-refractivity contribution in [2.24, 2.45) is 5.16 Å². The van der Waals surface area contributed by atoms with Gasteiger partial charge in [0.2, 0.25) is 0 Å².